The molecule has 0 radical (unpaired) electrons. The molecule has 0 aliphatic carbocycles. The summed E-state index contributed by atoms with van der Waals surface area (Å²) in [5, 5.41) is 14.0. The molecule has 29 heavy (non-hydrogen) atoms. The minimum Gasteiger partial charge on any atom is -0.480 e. The molecule has 0 aromatic heterocycles. The number of carbonyl (C=O) groups is 4. The highest BCUT2D eigenvalue weighted by molar-refractivity contribution is 6.38. The van der Waals surface area contributed by atoms with Crippen LogP contribution in [0.4, 0.5) is 4.79 Å². The van der Waals surface area contributed by atoms with Crippen LogP contribution in [0.15, 0.2) is 30.3 Å². The molecule has 160 valence electrons. The summed E-state index contributed by atoms with van der Waals surface area (Å²) in [7, 11) is 0. The van der Waals surface area contributed by atoms with Crippen molar-refractivity contribution in [3.63, 3.8) is 0 Å². The van der Waals surface area contributed by atoms with Crippen LogP contribution in [0, 0.1) is 5.92 Å². The van der Waals surface area contributed by atoms with Crippen molar-refractivity contribution in [2.75, 3.05) is 0 Å². The highest BCUT2D eigenvalue weighted by atomic mass is 16.6. The quantitative estimate of drug-likeness (QED) is 0.541. The number of Topliss-reactive ketones (excluding diaryl/α,β-unsaturated/α-hetero) is 1. The summed E-state index contributed by atoms with van der Waals surface area (Å²) < 4.78 is 5.18. The fourth-order valence-electron chi connectivity index (χ4n) is 2.59. The number of aliphatic carboxylic acids is 1. The molecule has 0 unspecified atom stereocenters. The summed E-state index contributed by atoms with van der Waals surface area (Å²) >= 11 is 0. The molecular weight excluding hydrogens is 376 g/mol. The van der Waals surface area contributed by atoms with Gasteiger partial charge in [-0.3, -0.25) is 9.59 Å². The molecule has 0 fully saturated rings. The molecule has 0 spiro atoms. The zero-order valence-electron chi connectivity index (χ0n) is 17.5. The predicted molar refractivity (Wildman–Crippen MR) is 107 cm³/mol. The van der Waals surface area contributed by atoms with Crippen LogP contribution in [0.2, 0.25) is 0 Å². The topological polar surface area (TPSA) is 122 Å². The molecule has 1 rings (SSSR count). The average molecular weight is 406 g/mol. The first-order valence-corrected chi connectivity index (χ1v) is 9.50. The van der Waals surface area contributed by atoms with Crippen LogP contribution < -0.4 is 10.6 Å². The third-order valence-corrected chi connectivity index (χ3v) is 3.82. The minimum atomic E-state index is -1.22. The Balaban J connectivity index is 2.97. The van der Waals surface area contributed by atoms with Gasteiger partial charge in [0, 0.05) is 6.42 Å². The van der Waals surface area contributed by atoms with E-state index >= 15 is 0 Å². The zero-order valence-corrected chi connectivity index (χ0v) is 17.5. The molecule has 0 saturated heterocycles. The summed E-state index contributed by atoms with van der Waals surface area (Å²) in [6.07, 6.45) is -0.595. The highest BCUT2D eigenvalue weighted by Crippen LogP contribution is 2.10. The van der Waals surface area contributed by atoms with Gasteiger partial charge in [-0.05, 0) is 38.7 Å². The predicted octanol–water partition coefficient (Wildman–Crippen LogP) is 2.31. The molecule has 8 nitrogen and oxygen atoms in total. The maximum absolute atomic E-state index is 12.7. The largest absolute Gasteiger partial charge is 0.480 e. The van der Waals surface area contributed by atoms with Gasteiger partial charge in [-0.1, -0.05) is 44.2 Å². The number of carboxylic acid groups (broad SMARTS) is 1. The summed E-state index contributed by atoms with van der Waals surface area (Å²) in [6, 6.07) is 6.48. The number of carbonyl (C=O) groups excluding carboxylic acids is 3. The van der Waals surface area contributed by atoms with Gasteiger partial charge < -0.3 is 20.5 Å². The summed E-state index contributed by atoms with van der Waals surface area (Å²) in [5.74, 6) is -3.21. The number of carboxylic acids is 1. The molecule has 2 atom stereocenters. The Bertz CT molecular complexity index is 724. The van der Waals surface area contributed by atoms with Crippen LogP contribution in [-0.2, 0) is 25.5 Å². The fraction of sp³-hybridized carbons (Fsp3) is 0.524. The summed E-state index contributed by atoms with van der Waals surface area (Å²) in [4.78, 5) is 48.7. The van der Waals surface area contributed by atoms with E-state index in [9.17, 15) is 24.3 Å². The molecule has 2 amide bonds. The monoisotopic (exact) mass is 406 g/mol. The summed E-state index contributed by atoms with van der Waals surface area (Å²) in [5.41, 5.74) is -0.0510. The van der Waals surface area contributed by atoms with Gasteiger partial charge >= 0.3 is 12.1 Å². The van der Waals surface area contributed by atoms with Gasteiger partial charge in [0.05, 0.1) is 0 Å². The van der Waals surface area contributed by atoms with Gasteiger partial charge in [-0.25, -0.2) is 9.59 Å². The molecule has 8 heteroatoms. The van der Waals surface area contributed by atoms with E-state index < -0.39 is 41.4 Å². The molecule has 1 aromatic carbocycles. The van der Waals surface area contributed by atoms with Crippen molar-refractivity contribution in [2.24, 2.45) is 5.92 Å². The Morgan fingerprint density at radius 1 is 1.00 bits per heavy atom. The third-order valence-electron chi connectivity index (χ3n) is 3.82. The van der Waals surface area contributed by atoms with Gasteiger partial charge in [-0.2, -0.15) is 0 Å². The van der Waals surface area contributed by atoms with Crippen LogP contribution in [0.3, 0.4) is 0 Å². The Morgan fingerprint density at radius 3 is 2.07 bits per heavy atom. The second-order valence-electron chi connectivity index (χ2n) is 8.25. The normalized spacial score (nSPS) is 13.3. The number of amides is 2. The maximum atomic E-state index is 12.7. The lowest BCUT2D eigenvalue weighted by molar-refractivity contribution is -0.145. The number of hydrogen-bond donors (Lipinski definition) is 3. The molecule has 3 N–H and O–H groups in total. The lowest BCUT2D eigenvalue weighted by Gasteiger charge is -2.23. The van der Waals surface area contributed by atoms with Crippen molar-refractivity contribution < 1.29 is 29.0 Å². The van der Waals surface area contributed by atoms with E-state index in [1.54, 1.807) is 51.1 Å². The molecule has 0 heterocycles. The highest BCUT2D eigenvalue weighted by Gasteiger charge is 2.31. The van der Waals surface area contributed by atoms with Crippen LogP contribution in [0.5, 0.6) is 0 Å². The third kappa shape index (κ3) is 9.23. The maximum Gasteiger partial charge on any atom is 0.408 e. The molecule has 0 saturated carbocycles. The molecule has 0 aliphatic heterocycles. The van der Waals surface area contributed by atoms with Crippen molar-refractivity contribution in [3.8, 4) is 0 Å². The number of nitrogens with one attached hydrogen (secondary N) is 2. The molecule has 0 aliphatic rings. The Kier molecular flexibility index (Phi) is 8.82. The first kappa shape index (κ1) is 24.1. The lowest BCUT2D eigenvalue weighted by atomic mass is 10.0. The second kappa shape index (κ2) is 10.6. The standard InChI is InChI=1S/C21H30N2O6/c1-13(2)11-16(19(26)27)22-18(25)17(24)15(12-14-9-7-6-8-10-14)23-20(28)29-21(3,4)5/h6-10,13,15-16H,11-12H2,1-5H3,(H,22,25)(H,23,28)(H,26,27)/t15-,16-/m0/s1. The van der Waals surface area contributed by atoms with E-state index in [1.807, 2.05) is 13.8 Å². The number of ketones is 1. The van der Waals surface area contributed by atoms with E-state index in [1.165, 1.54) is 0 Å². The van der Waals surface area contributed by atoms with E-state index in [-0.39, 0.29) is 18.8 Å². The van der Waals surface area contributed by atoms with Crippen LogP contribution in [0.1, 0.15) is 46.6 Å². The van der Waals surface area contributed by atoms with Crippen LogP contribution in [0.25, 0.3) is 0 Å². The number of benzene rings is 1. The SMILES string of the molecule is CC(C)C[C@H](NC(=O)C(=O)[C@H](Cc1ccccc1)NC(=O)OC(C)(C)C)C(=O)O. The van der Waals surface area contributed by atoms with Crippen molar-refractivity contribution in [3.05, 3.63) is 35.9 Å². The van der Waals surface area contributed by atoms with Crippen molar-refractivity contribution in [1.29, 1.82) is 0 Å². The molecule has 1 aromatic rings. The van der Waals surface area contributed by atoms with Crippen molar-refractivity contribution in [1.82, 2.24) is 10.6 Å². The summed E-state index contributed by atoms with van der Waals surface area (Å²) in [6.45, 7) is 8.66. The van der Waals surface area contributed by atoms with Crippen molar-refractivity contribution in [2.45, 2.75) is 65.1 Å². The average Bonchev–Trinajstić information content (AvgIpc) is 2.58. The van der Waals surface area contributed by atoms with Gasteiger partial charge in [0.2, 0.25) is 5.78 Å². The van der Waals surface area contributed by atoms with Gasteiger partial charge in [0.1, 0.15) is 17.7 Å². The Morgan fingerprint density at radius 2 is 1.59 bits per heavy atom. The van der Waals surface area contributed by atoms with E-state index in [4.69, 9.17) is 4.74 Å². The van der Waals surface area contributed by atoms with Crippen LogP contribution in [-0.4, -0.2) is 46.5 Å². The van der Waals surface area contributed by atoms with E-state index in [0.29, 0.717) is 0 Å². The van der Waals surface area contributed by atoms with Gasteiger partial charge in [0.15, 0.2) is 0 Å². The van der Waals surface area contributed by atoms with Crippen LogP contribution >= 0.6 is 0 Å². The smallest absolute Gasteiger partial charge is 0.408 e. The van der Waals surface area contributed by atoms with E-state index in [0.717, 1.165) is 5.56 Å². The Hall–Kier alpha value is -2.90. The lowest BCUT2D eigenvalue weighted by Crippen LogP contribution is -2.52. The number of alkyl carbamates (subject to hydrolysis) is 1. The first-order valence-electron chi connectivity index (χ1n) is 9.50. The first-order chi connectivity index (χ1) is 13.4. The fourth-order valence-corrected chi connectivity index (χ4v) is 2.59. The molecular formula is C21H30N2O6. The molecule has 0 bridgehead atoms. The van der Waals surface area contributed by atoms with Gasteiger partial charge in [-0.15, -0.1) is 0 Å². The zero-order chi connectivity index (χ0) is 22.2. The number of hydrogen-bond acceptors (Lipinski definition) is 5. The van der Waals surface area contributed by atoms with E-state index in [2.05, 4.69) is 10.6 Å². The Labute approximate surface area is 171 Å². The van der Waals surface area contributed by atoms with Crippen molar-refractivity contribution >= 4 is 23.8 Å². The number of ether oxygens (including phenoxy) is 1. The number of rotatable bonds is 9. The van der Waals surface area contributed by atoms with Gasteiger partial charge in [0.25, 0.3) is 5.91 Å². The minimum absolute atomic E-state index is 0.00602. The second-order valence-corrected chi connectivity index (χ2v) is 8.25.